The molecule has 0 aromatic carbocycles. The van der Waals surface area contributed by atoms with E-state index in [0.717, 1.165) is 25.9 Å². The summed E-state index contributed by atoms with van der Waals surface area (Å²) in [6, 6.07) is 1.18. The Kier molecular flexibility index (Phi) is 2.49. The molecule has 0 unspecified atom stereocenters. The maximum atomic E-state index is 12.5. The summed E-state index contributed by atoms with van der Waals surface area (Å²) in [5, 5.41) is 6.80. The number of hydrogen-bond acceptors (Lipinski definition) is 2. The Morgan fingerprint density at radius 3 is 2.56 bits per heavy atom. The van der Waals surface area contributed by atoms with Gasteiger partial charge in [-0.3, -0.25) is 4.68 Å². The van der Waals surface area contributed by atoms with E-state index in [-0.39, 0.29) is 0 Å². The fourth-order valence-corrected chi connectivity index (χ4v) is 3.21. The number of rotatable bonds is 2. The molecular weight excluding hydrogens is 243 g/mol. The molecule has 2 heterocycles. The molecule has 1 aliphatic carbocycles. The number of nitrogens with one attached hydrogen (secondary N) is 1. The molecule has 2 fully saturated rings. The first kappa shape index (κ1) is 12.0. The van der Waals surface area contributed by atoms with E-state index in [1.807, 2.05) is 0 Å². The number of halogens is 3. The molecule has 0 amide bonds. The van der Waals surface area contributed by atoms with E-state index in [4.69, 9.17) is 0 Å². The van der Waals surface area contributed by atoms with Gasteiger partial charge in [0.1, 0.15) is 0 Å². The molecule has 3 rings (SSSR count). The van der Waals surface area contributed by atoms with Crippen LogP contribution in [-0.4, -0.2) is 22.9 Å². The van der Waals surface area contributed by atoms with Crippen molar-refractivity contribution < 1.29 is 13.2 Å². The highest BCUT2D eigenvalue weighted by Gasteiger charge is 2.48. The molecule has 1 aromatic rings. The molecule has 18 heavy (non-hydrogen) atoms. The van der Waals surface area contributed by atoms with Crippen molar-refractivity contribution in [1.29, 1.82) is 0 Å². The highest BCUT2D eigenvalue weighted by atomic mass is 19.4. The molecule has 1 saturated carbocycles. The molecule has 1 saturated heterocycles. The smallest absolute Gasteiger partial charge is 0.316 e. The van der Waals surface area contributed by atoms with Gasteiger partial charge in [0, 0.05) is 25.8 Å². The quantitative estimate of drug-likeness (QED) is 0.880. The van der Waals surface area contributed by atoms with Gasteiger partial charge in [-0.15, -0.1) is 0 Å². The van der Waals surface area contributed by atoms with Gasteiger partial charge in [-0.2, -0.15) is 18.3 Å². The summed E-state index contributed by atoms with van der Waals surface area (Å²) in [5.41, 5.74) is 0.379. The lowest BCUT2D eigenvalue weighted by molar-refractivity contribution is -0.141. The lowest BCUT2D eigenvalue weighted by atomic mass is 9.57. The van der Waals surface area contributed by atoms with Gasteiger partial charge in [0.15, 0.2) is 5.69 Å². The van der Waals surface area contributed by atoms with E-state index in [9.17, 15) is 13.2 Å². The summed E-state index contributed by atoms with van der Waals surface area (Å²) < 4.78 is 38.9. The van der Waals surface area contributed by atoms with Crippen molar-refractivity contribution in [1.82, 2.24) is 15.1 Å². The van der Waals surface area contributed by atoms with Crippen LogP contribution in [0.15, 0.2) is 6.07 Å². The zero-order valence-electron chi connectivity index (χ0n) is 10.2. The third-order valence-electron chi connectivity index (χ3n) is 4.21. The van der Waals surface area contributed by atoms with Crippen molar-refractivity contribution in [3.63, 3.8) is 0 Å². The molecule has 1 spiro atoms. The van der Waals surface area contributed by atoms with Crippen LogP contribution >= 0.6 is 0 Å². The van der Waals surface area contributed by atoms with E-state index >= 15 is 0 Å². The first-order chi connectivity index (χ1) is 8.38. The van der Waals surface area contributed by atoms with Crippen molar-refractivity contribution in [3.8, 4) is 0 Å². The Labute approximate surface area is 103 Å². The first-order valence-electron chi connectivity index (χ1n) is 6.19. The van der Waals surface area contributed by atoms with Crippen LogP contribution in [0, 0.1) is 11.3 Å². The van der Waals surface area contributed by atoms with Gasteiger partial charge in [0.25, 0.3) is 0 Å². The minimum absolute atomic E-state index is 0.468. The Morgan fingerprint density at radius 1 is 1.44 bits per heavy atom. The maximum absolute atomic E-state index is 12.5. The molecule has 0 atom stereocenters. The maximum Gasteiger partial charge on any atom is 0.435 e. The van der Waals surface area contributed by atoms with Crippen molar-refractivity contribution in [2.45, 2.75) is 25.4 Å². The Balaban J connectivity index is 1.65. The van der Waals surface area contributed by atoms with E-state index < -0.39 is 11.9 Å². The second-order valence-electron chi connectivity index (χ2n) is 5.72. The molecule has 0 bridgehead atoms. The van der Waals surface area contributed by atoms with Gasteiger partial charge in [-0.05, 0) is 36.7 Å². The van der Waals surface area contributed by atoms with Crippen molar-refractivity contribution >= 4 is 0 Å². The minimum Gasteiger partial charge on any atom is -0.316 e. The average Bonchev–Trinajstić information content (AvgIpc) is 2.49. The summed E-state index contributed by atoms with van der Waals surface area (Å²) in [4.78, 5) is 0. The van der Waals surface area contributed by atoms with Gasteiger partial charge in [0.2, 0.25) is 0 Å². The van der Waals surface area contributed by atoms with Crippen LogP contribution in [0.2, 0.25) is 0 Å². The van der Waals surface area contributed by atoms with Crippen LogP contribution in [0.3, 0.4) is 0 Å². The topological polar surface area (TPSA) is 29.9 Å². The Morgan fingerprint density at radius 2 is 2.11 bits per heavy atom. The number of aryl methyl sites for hydroxylation is 1. The van der Waals surface area contributed by atoms with Gasteiger partial charge in [0.05, 0.1) is 0 Å². The van der Waals surface area contributed by atoms with Crippen molar-refractivity contribution in [2.24, 2.45) is 18.4 Å². The highest BCUT2D eigenvalue weighted by Crippen LogP contribution is 2.49. The largest absolute Gasteiger partial charge is 0.435 e. The molecule has 0 radical (unpaired) electrons. The van der Waals surface area contributed by atoms with Crippen molar-refractivity contribution in [3.05, 3.63) is 17.5 Å². The van der Waals surface area contributed by atoms with Crippen LogP contribution in [0.4, 0.5) is 13.2 Å². The standard InChI is InChI=1S/C12H16F3N3/c1-18-9(3-10(17-18)12(13,14)15)2-8-4-11(5-8)6-16-7-11/h3,8,16H,2,4-7H2,1H3. The second kappa shape index (κ2) is 3.73. The Hall–Kier alpha value is -1.04. The third-order valence-corrected chi connectivity index (χ3v) is 4.21. The van der Waals surface area contributed by atoms with Crippen LogP contribution in [-0.2, 0) is 19.6 Å². The lowest BCUT2D eigenvalue weighted by Gasteiger charge is -2.54. The number of alkyl halides is 3. The predicted octanol–water partition coefficient (Wildman–Crippen LogP) is 1.98. The fourth-order valence-electron chi connectivity index (χ4n) is 3.21. The van der Waals surface area contributed by atoms with Crippen LogP contribution < -0.4 is 5.32 Å². The first-order valence-corrected chi connectivity index (χ1v) is 6.19. The van der Waals surface area contributed by atoms with E-state index in [1.54, 1.807) is 7.05 Å². The number of aromatic nitrogens is 2. The van der Waals surface area contributed by atoms with E-state index in [0.29, 0.717) is 23.4 Å². The monoisotopic (exact) mass is 259 g/mol. The summed E-state index contributed by atoms with van der Waals surface area (Å²) in [6.45, 7) is 2.14. The molecule has 1 N–H and O–H groups in total. The SMILES string of the molecule is Cn1nc(C(F)(F)F)cc1CC1CC2(CNC2)C1. The van der Waals surface area contributed by atoms with E-state index in [1.165, 1.54) is 10.7 Å². The van der Waals surface area contributed by atoms with Gasteiger partial charge < -0.3 is 5.32 Å². The number of nitrogens with zero attached hydrogens (tertiary/aromatic N) is 2. The lowest BCUT2D eigenvalue weighted by Crippen LogP contribution is -2.60. The number of hydrogen-bond donors (Lipinski definition) is 1. The zero-order valence-corrected chi connectivity index (χ0v) is 10.2. The molecule has 100 valence electrons. The summed E-state index contributed by atoms with van der Waals surface area (Å²) in [6.07, 6.45) is -1.37. The summed E-state index contributed by atoms with van der Waals surface area (Å²) in [7, 11) is 1.59. The van der Waals surface area contributed by atoms with Crippen LogP contribution in [0.1, 0.15) is 24.2 Å². The molecule has 1 aliphatic heterocycles. The van der Waals surface area contributed by atoms with Gasteiger partial charge >= 0.3 is 6.18 Å². The summed E-state index contributed by atoms with van der Waals surface area (Å²) >= 11 is 0. The van der Waals surface area contributed by atoms with Crippen LogP contribution in [0.5, 0.6) is 0 Å². The second-order valence-corrected chi connectivity index (χ2v) is 5.72. The normalized spacial score (nSPS) is 22.9. The van der Waals surface area contributed by atoms with Gasteiger partial charge in [-0.25, -0.2) is 0 Å². The fraction of sp³-hybridized carbons (Fsp3) is 0.750. The average molecular weight is 259 g/mol. The minimum atomic E-state index is -4.34. The third kappa shape index (κ3) is 1.92. The Bertz CT molecular complexity index is 452. The zero-order chi connectivity index (χ0) is 13.0. The van der Waals surface area contributed by atoms with E-state index in [2.05, 4.69) is 10.4 Å². The molecule has 1 aromatic heterocycles. The molecule has 6 heteroatoms. The predicted molar refractivity (Wildman–Crippen MR) is 59.9 cm³/mol. The highest BCUT2D eigenvalue weighted by molar-refractivity contribution is 5.15. The molecular formula is C12H16F3N3. The van der Waals surface area contributed by atoms with Crippen LogP contribution in [0.25, 0.3) is 0 Å². The van der Waals surface area contributed by atoms with Crippen molar-refractivity contribution in [2.75, 3.05) is 13.1 Å². The van der Waals surface area contributed by atoms with Gasteiger partial charge in [-0.1, -0.05) is 0 Å². The molecule has 3 nitrogen and oxygen atoms in total. The summed E-state index contributed by atoms with van der Waals surface area (Å²) in [5.74, 6) is 0.517. The molecule has 2 aliphatic rings.